The minimum atomic E-state index is 0.808. The molecule has 15 heavy (non-hydrogen) atoms. The molecule has 0 amide bonds. The Hall–Kier alpha value is 0.360. The van der Waals surface area contributed by atoms with E-state index in [2.05, 4.69) is 20.8 Å². The quantitative estimate of drug-likeness (QED) is 0.428. The van der Waals surface area contributed by atoms with E-state index in [4.69, 9.17) is 9.47 Å². The van der Waals surface area contributed by atoms with Gasteiger partial charge in [0.2, 0.25) is 0 Å². The molecule has 0 aromatic carbocycles. The van der Waals surface area contributed by atoms with Gasteiger partial charge in [-0.25, -0.2) is 0 Å². The predicted molar refractivity (Wildman–Crippen MR) is 67.8 cm³/mol. The highest BCUT2D eigenvalue weighted by Gasteiger charge is 2.03. The molecule has 0 radical (unpaired) electrons. The monoisotopic (exact) mass is 281 g/mol. The summed E-state index contributed by atoms with van der Waals surface area (Å²) in [5.41, 5.74) is 0. The topological polar surface area (TPSA) is 21.7 Å². The fourth-order valence-electron chi connectivity index (χ4n) is 1.38. The highest BCUT2D eigenvalue weighted by molar-refractivity contribution is 9.09. The Morgan fingerprint density at radius 1 is 0.867 bits per heavy atom. The van der Waals surface area contributed by atoms with Gasteiger partial charge in [0.1, 0.15) is 0 Å². The molecule has 0 aliphatic rings. The lowest BCUT2D eigenvalue weighted by molar-refractivity contribution is 0.113. The van der Waals surface area contributed by atoms with E-state index in [0.29, 0.717) is 0 Å². The molecule has 0 atom stereocenters. The number of unbranched alkanes of at least 4 members (excludes halogenated alkanes) is 2. The van der Waals surface area contributed by atoms with Gasteiger partial charge in [-0.15, -0.1) is 0 Å². The summed E-state index contributed by atoms with van der Waals surface area (Å²) >= 11 is 3.45. The number of hydrogen-bond donors (Lipinski definition) is 0. The third kappa shape index (κ3) is 10.6. The smallest absolute Gasteiger partial charge is 0.0589 e. The van der Waals surface area contributed by atoms with Crippen LogP contribution in [0.1, 0.15) is 19.3 Å². The summed E-state index contributed by atoms with van der Waals surface area (Å²) in [4.78, 5) is 2.40. The number of hydrogen-bond acceptors (Lipinski definition) is 3. The Labute approximate surface area is 102 Å². The molecule has 4 heteroatoms. The molecule has 0 saturated heterocycles. The van der Waals surface area contributed by atoms with E-state index in [1.165, 1.54) is 19.3 Å². The molecule has 0 aromatic heterocycles. The van der Waals surface area contributed by atoms with Gasteiger partial charge in [0.15, 0.2) is 0 Å². The van der Waals surface area contributed by atoms with Crippen LogP contribution in [-0.2, 0) is 9.47 Å². The normalized spacial score (nSPS) is 11.2. The minimum absolute atomic E-state index is 0.808. The Balaban J connectivity index is 3.49. The highest BCUT2D eigenvalue weighted by Crippen LogP contribution is 2.01. The van der Waals surface area contributed by atoms with Gasteiger partial charge in [0.05, 0.1) is 13.2 Å². The van der Waals surface area contributed by atoms with Gasteiger partial charge in [-0.3, -0.25) is 4.90 Å². The van der Waals surface area contributed by atoms with E-state index in [1.54, 1.807) is 14.2 Å². The Kier molecular flexibility index (Phi) is 12.7. The lowest BCUT2D eigenvalue weighted by Gasteiger charge is -2.21. The van der Waals surface area contributed by atoms with Gasteiger partial charge in [-0.1, -0.05) is 22.4 Å². The molecule has 0 heterocycles. The molecule has 0 unspecified atom stereocenters. The van der Waals surface area contributed by atoms with Gasteiger partial charge >= 0.3 is 0 Å². The molecule has 0 aliphatic heterocycles. The molecule has 0 bridgehead atoms. The van der Waals surface area contributed by atoms with Crippen molar-refractivity contribution in [2.75, 3.05) is 52.4 Å². The van der Waals surface area contributed by atoms with Crippen molar-refractivity contribution in [3.8, 4) is 0 Å². The van der Waals surface area contributed by atoms with Crippen LogP contribution >= 0.6 is 15.9 Å². The van der Waals surface area contributed by atoms with Crippen molar-refractivity contribution in [3.05, 3.63) is 0 Å². The number of methoxy groups -OCH3 is 2. The fourth-order valence-corrected chi connectivity index (χ4v) is 1.78. The van der Waals surface area contributed by atoms with E-state index < -0.39 is 0 Å². The van der Waals surface area contributed by atoms with Crippen LogP contribution < -0.4 is 0 Å². The minimum Gasteiger partial charge on any atom is -0.383 e. The van der Waals surface area contributed by atoms with Crippen LogP contribution in [0.2, 0.25) is 0 Å². The molecule has 3 nitrogen and oxygen atoms in total. The maximum atomic E-state index is 5.09. The summed E-state index contributed by atoms with van der Waals surface area (Å²) in [6.07, 6.45) is 3.82. The molecule has 0 rings (SSSR count). The average Bonchev–Trinajstić information content (AvgIpc) is 2.27. The average molecular weight is 282 g/mol. The van der Waals surface area contributed by atoms with E-state index in [9.17, 15) is 0 Å². The summed E-state index contributed by atoms with van der Waals surface area (Å²) in [6, 6.07) is 0. The van der Waals surface area contributed by atoms with Crippen LogP contribution in [-0.4, -0.2) is 57.3 Å². The van der Waals surface area contributed by atoms with Gasteiger partial charge < -0.3 is 9.47 Å². The van der Waals surface area contributed by atoms with E-state index in [1.807, 2.05) is 0 Å². The van der Waals surface area contributed by atoms with Crippen molar-refractivity contribution < 1.29 is 9.47 Å². The van der Waals surface area contributed by atoms with E-state index in [-0.39, 0.29) is 0 Å². The predicted octanol–water partition coefficient (Wildman–Crippen LogP) is 2.15. The van der Waals surface area contributed by atoms with Gasteiger partial charge in [0.25, 0.3) is 0 Å². The molecule has 0 N–H and O–H groups in total. The summed E-state index contributed by atoms with van der Waals surface area (Å²) in [6.45, 7) is 4.78. The molecule has 0 aliphatic carbocycles. The maximum absolute atomic E-state index is 5.09. The van der Waals surface area contributed by atoms with Crippen molar-refractivity contribution in [1.82, 2.24) is 4.90 Å². The highest BCUT2D eigenvalue weighted by atomic mass is 79.9. The first kappa shape index (κ1) is 15.4. The van der Waals surface area contributed by atoms with Crippen molar-refractivity contribution in [2.24, 2.45) is 0 Å². The first-order valence-corrected chi connectivity index (χ1v) is 6.73. The van der Waals surface area contributed by atoms with Crippen LogP contribution in [0.15, 0.2) is 0 Å². The van der Waals surface area contributed by atoms with Crippen molar-refractivity contribution in [3.63, 3.8) is 0 Å². The summed E-state index contributed by atoms with van der Waals surface area (Å²) in [5, 5.41) is 1.11. The third-order valence-electron chi connectivity index (χ3n) is 2.33. The molecule has 92 valence electrons. The first-order valence-electron chi connectivity index (χ1n) is 5.61. The van der Waals surface area contributed by atoms with Crippen LogP contribution in [0.3, 0.4) is 0 Å². The number of halogens is 1. The molecule has 0 saturated carbocycles. The largest absolute Gasteiger partial charge is 0.383 e. The zero-order valence-corrected chi connectivity index (χ0v) is 11.6. The van der Waals surface area contributed by atoms with Crippen molar-refractivity contribution in [1.29, 1.82) is 0 Å². The third-order valence-corrected chi connectivity index (χ3v) is 2.89. The van der Waals surface area contributed by atoms with Gasteiger partial charge in [0, 0.05) is 32.6 Å². The molecule has 0 aromatic rings. The summed E-state index contributed by atoms with van der Waals surface area (Å²) in [5.74, 6) is 0. The summed E-state index contributed by atoms with van der Waals surface area (Å²) in [7, 11) is 3.50. The van der Waals surface area contributed by atoms with Crippen LogP contribution in [0.4, 0.5) is 0 Å². The molecule has 0 spiro atoms. The maximum Gasteiger partial charge on any atom is 0.0589 e. The molecular formula is C11H24BrNO2. The number of rotatable bonds is 11. The second-order valence-corrected chi connectivity index (χ2v) is 4.37. The standard InChI is InChI=1S/C11H24BrNO2/c1-14-10-8-13(9-11-15-2)7-5-3-4-6-12/h3-11H2,1-2H3. The lowest BCUT2D eigenvalue weighted by Crippen LogP contribution is -2.31. The number of nitrogens with zero attached hydrogens (tertiary/aromatic N) is 1. The zero-order valence-electron chi connectivity index (χ0n) is 10.0. The molecule has 0 fully saturated rings. The van der Waals surface area contributed by atoms with Crippen LogP contribution in [0, 0.1) is 0 Å². The van der Waals surface area contributed by atoms with Gasteiger partial charge in [-0.2, -0.15) is 0 Å². The Morgan fingerprint density at radius 3 is 1.93 bits per heavy atom. The fraction of sp³-hybridized carbons (Fsp3) is 1.00. The van der Waals surface area contributed by atoms with Crippen molar-refractivity contribution in [2.45, 2.75) is 19.3 Å². The Morgan fingerprint density at radius 2 is 1.47 bits per heavy atom. The van der Waals surface area contributed by atoms with E-state index >= 15 is 0 Å². The summed E-state index contributed by atoms with van der Waals surface area (Å²) < 4.78 is 10.2. The zero-order chi connectivity index (χ0) is 11.4. The SMILES string of the molecule is COCCN(CCCCCBr)CCOC. The number of alkyl halides is 1. The van der Waals surface area contributed by atoms with E-state index in [0.717, 1.165) is 38.2 Å². The number of ether oxygens (including phenoxy) is 2. The Bertz CT molecular complexity index is 117. The second-order valence-electron chi connectivity index (χ2n) is 3.58. The first-order chi connectivity index (χ1) is 7.35. The lowest BCUT2D eigenvalue weighted by atomic mass is 10.2. The van der Waals surface area contributed by atoms with Crippen molar-refractivity contribution >= 4 is 15.9 Å². The second kappa shape index (κ2) is 12.4. The van der Waals surface area contributed by atoms with Crippen LogP contribution in [0.5, 0.6) is 0 Å². The van der Waals surface area contributed by atoms with Crippen LogP contribution in [0.25, 0.3) is 0 Å². The molecular weight excluding hydrogens is 258 g/mol. The van der Waals surface area contributed by atoms with Gasteiger partial charge in [-0.05, 0) is 19.4 Å².